The van der Waals surface area contributed by atoms with E-state index in [-0.39, 0.29) is 5.91 Å². The average Bonchev–Trinajstić information content (AvgIpc) is 2.61. The molecule has 0 saturated carbocycles. The first-order valence-electron chi connectivity index (χ1n) is 9.43. The van der Waals surface area contributed by atoms with Crippen LogP contribution in [0.15, 0.2) is 18.2 Å². The van der Waals surface area contributed by atoms with Gasteiger partial charge in [-0.1, -0.05) is 6.07 Å². The molecule has 0 saturated heterocycles. The lowest BCUT2D eigenvalue weighted by molar-refractivity contribution is -0.347. The normalized spacial score (nSPS) is 15.1. The molecular weight excluding hydrogens is 334 g/mol. The van der Waals surface area contributed by atoms with E-state index < -0.39 is 5.97 Å². The van der Waals surface area contributed by atoms with Crippen molar-refractivity contribution >= 4 is 5.91 Å². The Balaban J connectivity index is 1.92. The highest BCUT2D eigenvalue weighted by Gasteiger charge is 2.39. The van der Waals surface area contributed by atoms with E-state index in [1.165, 1.54) is 0 Å². The minimum Gasteiger partial charge on any atom is -0.493 e. The van der Waals surface area contributed by atoms with Crippen LogP contribution in [0.3, 0.4) is 0 Å². The summed E-state index contributed by atoms with van der Waals surface area (Å²) in [5, 5.41) is 0. The molecule has 0 N–H and O–H groups in total. The Kier molecular flexibility index (Phi) is 7.72. The standard InChI is InChI=1S/C20H31NO5/c1-5-24-20(25-6-2)14-13-16-17(10-9-11-18(16)26-20)23-15-8-7-12-19(22)21(3)4/h9-11H,5-8,12-15H2,1-4H3. The number of hydrogen-bond donors (Lipinski definition) is 0. The quantitative estimate of drug-likeness (QED) is 0.470. The second-order valence-electron chi connectivity index (χ2n) is 6.48. The molecule has 0 unspecified atom stereocenters. The Morgan fingerprint density at radius 2 is 1.92 bits per heavy atom. The Morgan fingerprint density at radius 1 is 1.19 bits per heavy atom. The van der Waals surface area contributed by atoms with Crippen LogP contribution in [-0.2, 0) is 20.7 Å². The van der Waals surface area contributed by atoms with Crippen molar-refractivity contribution in [3.8, 4) is 11.5 Å². The van der Waals surface area contributed by atoms with Crippen molar-refractivity contribution in [2.75, 3.05) is 33.9 Å². The maximum absolute atomic E-state index is 11.6. The highest BCUT2D eigenvalue weighted by atomic mass is 16.9. The number of nitrogens with zero attached hydrogens (tertiary/aromatic N) is 1. The van der Waals surface area contributed by atoms with Crippen LogP contribution in [0.25, 0.3) is 0 Å². The van der Waals surface area contributed by atoms with Crippen LogP contribution in [0.4, 0.5) is 0 Å². The third kappa shape index (κ3) is 5.35. The third-order valence-electron chi connectivity index (χ3n) is 4.31. The van der Waals surface area contributed by atoms with Gasteiger partial charge in [-0.05, 0) is 45.2 Å². The van der Waals surface area contributed by atoms with Crippen LogP contribution in [-0.4, -0.2) is 50.7 Å². The largest absolute Gasteiger partial charge is 0.493 e. The van der Waals surface area contributed by atoms with E-state index >= 15 is 0 Å². The molecule has 1 aromatic carbocycles. The lowest BCUT2D eigenvalue weighted by Gasteiger charge is -2.37. The predicted octanol–water partition coefficient (Wildman–Crippen LogP) is 3.38. The summed E-state index contributed by atoms with van der Waals surface area (Å²) in [7, 11) is 3.55. The van der Waals surface area contributed by atoms with Gasteiger partial charge in [-0.2, -0.15) is 0 Å². The molecule has 6 nitrogen and oxygen atoms in total. The number of benzene rings is 1. The molecule has 1 heterocycles. The monoisotopic (exact) mass is 365 g/mol. The SMILES string of the molecule is CCOC1(OCC)CCc2c(OCCCCC(=O)N(C)C)cccc2O1. The number of hydrogen-bond acceptors (Lipinski definition) is 5. The lowest BCUT2D eigenvalue weighted by atomic mass is 10.0. The maximum atomic E-state index is 11.6. The summed E-state index contributed by atoms with van der Waals surface area (Å²) in [6, 6.07) is 5.79. The number of ether oxygens (including phenoxy) is 4. The number of fused-ring (bicyclic) bond motifs is 1. The van der Waals surface area contributed by atoms with Crippen LogP contribution in [0, 0.1) is 0 Å². The van der Waals surface area contributed by atoms with Gasteiger partial charge >= 0.3 is 5.97 Å². The van der Waals surface area contributed by atoms with E-state index in [0.717, 1.165) is 36.3 Å². The van der Waals surface area contributed by atoms with Crippen molar-refractivity contribution in [1.29, 1.82) is 0 Å². The molecular formula is C20H31NO5. The van der Waals surface area contributed by atoms with Gasteiger partial charge in [0.05, 0.1) is 19.8 Å². The van der Waals surface area contributed by atoms with Crippen molar-refractivity contribution < 1.29 is 23.7 Å². The van der Waals surface area contributed by atoms with E-state index in [1.807, 2.05) is 32.0 Å². The van der Waals surface area contributed by atoms with Crippen molar-refractivity contribution in [1.82, 2.24) is 4.90 Å². The van der Waals surface area contributed by atoms with Crippen LogP contribution in [0.5, 0.6) is 11.5 Å². The van der Waals surface area contributed by atoms with Crippen LogP contribution >= 0.6 is 0 Å². The number of unbranched alkanes of at least 4 members (excludes halogenated alkanes) is 1. The van der Waals surface area contributed by atoms with Gasteiger partial charge in [-0.3, -0.25) is 4.79 Å². The fourth-order valence-electron chi connectivity index (χ4n) is 2.99. The summed E-state index contributed by atoms with van der Waals surface area (Å²) < 4.78 is 23.5. The van der Waals surface area contributed by atoms with Gasteiger partial charge in [0, 0.05) is 32.5 Å². The van der Waals surface area contributed by atoms with Crippen LogP contribution in [0.1, 0.15) is 45.1 Å². The van der Waals surface area contributed by atoms with Gasteiger partial charge in [0.2, 0.25) is 5.91 Å². The molecule has 0 aromatic heterocycles. The van der Waals surface area contributed by atoms with Gasteiger partial charge in [0.25, 0.3) is 0 Å². The molecule has 6 heteroatoms. The molecule has 1 amide bonds. The number of carbonyl (C=O) groups excluding carboxylic acids is 1. The van der Waals surface area contributed by atoms with Crippen LogP contribution < -0.4 is 9.47 Å². The molecule has 0 bridgehead atoms. The third-order valence-corrected chi connectivity index (χ3v) is 4.31. The fourth-order valence-corrected chi connectivity index (χ4v) is 2.99. The van der Waals surface area contributed by atoms with E-state index in [9.17, 15) is 4.79 Å². The summed E-state index contributed by atoms with van der Waals surface area (Å²) in [5.41, 5.74) is 1.05. The van der Waals surface area contributed by atoms with E-state index in [0.29, 0.717) is 32.7 Å². The predicted molar refractivity (Wildman–Crippen MR) is 99.4 cm³/mol. The molecule has 0 spiro atoms. The summed E-state index contributed by atoms with van der Waals surface area (Å²) in [5.74, 6) is 0.738. The summed E-state index contributed by atoms with van der Waals surface area (Å²) in [4.78, 5) is 13.2. The topological polar surface area (TPSA) is 57.2 Å². The summed E-state index contributed by atoms with van der Waals surface area (Å²) in [6.07, 6.45) is 3.61. The second-order valence-corrected chi connectivity index (χ2v) is 6.48. The van der Waals surface area contributed by atoms with E-state index in [2.05, 4.69) is 0 Å². The number of rotatable bonds is 10. The Labute approximate surface area is 156 Å². The molecule has 0 radical (unpaired) electrons. The molecule has 1 aromatic rings. The molecule has 0 atom stereocenters. The molecule has 26 heavy (non-hydrogen) atoms. The van der Waals surface area contributed by atoms with Crippen molar-refractivity contribution in [3.05, 3.63) is 23.8 Å². The first-order chi connectivity index (χ1) is 12.5. The second kappa shape index (κ2) is 9.78. The van der Waals surface area contributed by atoms with Gasteiger partial charge in [-0.15, -0.1) is 0 Å². The average molecular weight is 365 g/mol. The van der Waals surface area contributed by atoms with E-state index in [4.69, 9.17) is 18.9 Å². The molecule has 0 aliphatic carbocycles. The number of amides is 1. The maximum Gasteiger partial charge on any atom is 0.327 e. The minimum atomic E-state index is -0.998. The van der Waals surface area contributed by atoms with Crippen molar-refractivity contribution in [2.24, 2.45) is 0 Å². The zero-order chi connectivity index (χ0) is 19.0. The first kappa shape index (κ1) is 20.5. The Morgan fingerprint density at radius 3 is 2.58 bits per heavy atom. The molecule has 1 aliphatic heterocycles. The lowest BCUT2D eigenvalue weighted by Crippen LogP contribution is -2.45. The van der Waals surface area contributed by atoms with Crippen LogP contribution in [0.2, 0.25) is 0 Å². The van der Waals surface area contributed by atoms with Crippen molar-refractivity contribution in [3.63, 3.8) is 0 Å². The first-order valence-corrected chi connectivity index (χ1v) is 9.43. The minimum absolute atomic E-state index is 0.152. The highest BCUT2D eigenvalue weighted by molar-refractivity contribution is 5.75. The highest BCUT2D eigenvalue weighted by Crippen LogP contribution is 2.39. The molecule has 1 aliphatic rings. The molecule has 2 rings (SSSR count). The van der Waals surface area contributed by atoms with Gasteiger partial charge in [0.1, 0.15) is 11.5 Å². The molecule has 0 fully saturated rings. The summed E-state index contributed by atoms with van der Waals surface area (Å²) >= 11 is 0. The molecule has 146 valence electrons. The zero-order valence-corrected chi connectivity index (χ0v) is 16.4. The zero-order valence-electron chi connectivity index (χ0n) is 16.4. The van der Waals surface area contributed by atoms with Gasteiger partial charge < -0.3 is 23.8 Å². The van der Waals surface area contributed by atoms with Gasteiger partial charge in [0.15, 0.2) is 0 Å². The Bertz CT molecular complexity index is 582. The Hall–Kier alpha value is -1.79. The fraction of sp³-hybridized carbons (Fsp3) is 0.650. The smallest absolute Gasteiger partial charge is 0.327 e. The van der Waals surface area contributed by atoms with Crippen molar-refractivity contribution in [2.45, 2.75) is 51.9 Å². The van der Waals surface area contributed by atoms with Gasteiger partial charge in [-0.25, -0.2) is 0 Å². The summed E-state index contributed by atoms with van der Waals surface area (Å²) in [6.45, 7) is 5.49. The number of carbonyl (C=O) groups is 1. The van der Waals surface area contributed by atoms with E-state index in [1.54, 1.807) is 19.0 Å².